The Kier molecular flexibility index (Phi) is 3.69. The molecular weight excluding hydrogens is 216 g/mol. The first kappa shape index (κ1) is 9.68. The van der Waals surface area contributed by atoms with Crippen molar-refractivity contribution in [3.63, 3.8) is 0 Å². The van der Waals surface area contributed by atoms with Gasteiger partial charge in [-0.25, -0.2) is 0 Å². The van der Waals surface area contributed by atoms with Gasteiger partial charge in [0.1, 0.15) is 0 Å². The number of nitrogens with zero attached hydrogens (tertiary/aromatic N) is 1. The lowest BCUT2D eigenvalue weighted by Gasteiger charge is -2.08. The quantitative estimate of drug-likeness (QED) is 0.865. The van der Waals surface area contributed by atoms with Gasteiger partial charge in [0.25, 0.3) is 0 Å². The van der Waals surface area contributed by atoms with Crippen molar-refractivity contribution in [2.24, 2.45) is 5.73 Å². The Morgan fingerprint density at radius 2 is 2.33 bits per heavy atom. The average molecular weight is 229 g/mol. The summed E-state index contributed by atoms with van der Waals surface area (Å²) in [5.74, 6) is 0. The van der Waals surface area contributed by atoms with Crippen LogP contribution in [-0.4, -0.2) is 4.98 Å². The molecule has 1 unspecified atom stereocenters. The van der Waals surface area contributed by atoms with Gasteiger partial charge in [-0.2, -0.15) is 0 Å². The third kappa shape index (κ3) is 2.57. The van der Waals surface area contributed by atoms with Gasteiger partial charge in [-0.05, 0) is 34.5 Å². The largest absolute Gasteiger partial charge is 0.323 e. The molecule has 1 atom stereocenters. The first-order valence-corrected chi connectivity index (χ1v) is 4.90. The molecule has 1 heterocycles. The van der Waals surface area contributed by atoms with Crippen LogP contribution in [0.5, 0.6) is 0 Å². The summed E-state index contributed by atoms with van der Waals surface area (Å²) in [4.78, 5) is 4.22. The molecule has 0 bridgehead atoms. The van der Waals surface area contributed by atoms with Crippen LogP contribution in [0.3, 0.4) is 0 Å². The van der Waals surface area contributed by atoms with E-state index in [-0.39, 0.29) is 6.04 Å². The van der Waals surface area contributed by atoms with E-state index >= 15 is 0 Å². The summed E-state index contributed by atoms with van der Waals surface area (Å²) in [6.45, 7) is 2.12. The first-order valence-electron chi connectivity index (χ1n) is 4.11. The molecular formula is C9H13BrN2. The monoisotopic (exact) mass is 228 g/mol. The summed E-state index contributed by atoms with van der Waals surface area (Å²) in [7, 11) is 0. The summed E-state index contributed by atoms with van der Waals surface area (Å²) < 4.78 is 0.995. The lowest BCUT2D eigenvalue weighted by Crippen LogP contribution is -2.11. The highest BCUT2D eigenvalue weighted by atomic mass is 79.9. The summed E-state index contributed by atoms with van der Waals surface area (Å²) in [5.41, 5.74) is 6.85. The second-order valence-corrected chi connectivity index (χ2v) is 3.71. The molecule has 0 fully saturated rings. The lowest BCUT2D eigenvalue weighted by atomic mass is 10.1. The van der Waals surface area contributed by atoms with Gasteiger partial charge in [0.05, 0.1) is 5.69 Å². The van der Waals surface area contributed by atoms with Crippen molar-refractivity contribution in [1.82, 2.24) is 4.98 Å². The Labute approximate surface area is 81.3 Å². The molecule has 0 aromatic carbocycles. The number of aromatic nitrogens is 1. The van der Waals surface area contributed by atoms with Gasteiger partial charge in [0, 0.05) is 16.7 Å². The molecule has 0 aliphatic carbocycles. The summed E-state index contributed by atoms with van der Waals surface area (Å²) in [6.07, 6.45) is 3.87. The van der Waals surface area contributed by atoms with E-state index in [1.807, 2.05) is 12.1 Å². The van der Waals surface area contributed by atoms with Crippen molar-refractivity contribution in [1.29, 1.82) is 0 Å². The molecule has 0 saturated heterocycles. The molecule has 0 saturated carbocycles. The fraction of sp³-hybridized carbons (Fsp3) is 0.444. The Hall–Kier alpha value is -0.410. The maximum absolute atomic E-state index is 5.88. The minimum absolute atomic E-state index is 0.0862. The molecule has 66 valence electrons. The zero-order valence-corrected chi connectivity index (χ0v) is 8.71. The molecule has 1 aromatic heterocycles. The summed E-state index contributed by atoms with van der Waals surface area (Å²) in [6, 6.07) is 4.02. The molecule has 2 nitrogen and oxygen atoms in total. The molecule has 0 aliphatic heterocycles. The van der Waals surface area contributed by atoms with E-state index in [0.29, 0.717) is 0 Å². The van der Waals surface area contributed by atoms with E-state index in [1.165, 1.54) is 0 Å². The average Bonchev–Trinajstić information content (AvgIpc) is 2.06. The molecule has 0 radical (unpaired) electrons. The molecule has 0 spiro atoms. The van der Waals surface area contributed by atoms with E-state index in [1.54, 1.807) is 6.20 Å². The van der Waals surface area contributed by atoms with Crippen LogP contribution in [0.2, 0.25) is 0 Å². The van der Waals surface area contributed by atoms with Gasteiger partial charge in [0.2, 0.25) is 0 Å². The van der Waals surface area contributed by atoms with Crippen molar-refractivity contribution < 1.29 is 0 Å². The normalized spacial score (nSPS) is 12.9. The highest BCUT2D eigenvalue weighted by Gasteiger charge is 2.04. The van der Waals surface area contributed by atoms with Gasteiger partial charge >= 0.3 is 0 Å². The molecule has 12 heavy (non-hydrogen) atoms. The number of halogens is 1. The molecule has 0 amide bonds. The van der Waals surface area contributed by atoms with Gasteiger partial charge < -0.3 is 5.73 Å². The van der Waals surface area contributed by atoms with Crippen LogP contribution in [0.15, 0.2) is 22.8 Å². The summed E-state index contributed by atoms with van der Waals surface area (Å²) in [5, 5.41) is 0. The first-order chi connectivity index (χ1) is 5.74. The van der Waals surface area contributed by atoms with E-state index in [0.717, 1.165) is 23.0 Å². The zero-order chi connectivity index (χ0) is 8.97. The maximum atomic E-state index is 5.88. The van der Waals surface area contributed by atoms with Crippen LogP contribution in [0.4, 0.5) is 0 Å². The molecule has 1 aromatic rings. The van der Waals surface area contributed by atoms with Gasteiger partial charge in [-0.1, -0.05) is 13.3 Å². The zero-order valence-electron chi connectivity index (χ0n) is 7.13. The van der Waals surface area contributed by atoms with Crippen molar-refractivity contribution in [2.75, 3.05) is 0 Å². The van der Waals surface area contributed by atoms with Crippen LogP contribution < -0.4 is 5.73 Å². The molecule has 2 N–H and O–H groups in total. The van der Waals surface area contributed by atoms with Gasteiger partial charge in [0.15, 0.2) is 0 Å². The Morgan fingerprint density at radius 1 is 1.58 bits per heavy atom. The smallest absolute Gasteiger partial charge is 0.0571 e. The van der Waals surface area contributed by atoms with Crippen molar-refractivity contribution in [2.45, 2.75) is 25.8 Å². The third-order valence-corrected chi connectivity index (χ3v) is 2.20. The van der Waals surface area contributed by atoms with E-state index in [9.17, 15) is 0 Å². The number of hydrogen-bond acceptors (Lipinski definition) is 2. The van der Waals surface area contributed by atoms with Crippen molar-refractivity contribution in [3.05, 3.63) is 28.5 Å². The SMILES string of the molecule is CCCC(N)c1ccc(Br)cn1. The van der Waals surface area contributed by atoms with Crippen LogP contribution in [-0.2, 0) is 0 Å². The summed E-state index contributed by atoms with van der Waals surface area (Å²) >= 11 is 3.33. The predicted molar refractivity (Wildman–Crippen MR) is 53.8 cm³/mol. The van der Waals surface area contributed by atoms with Crippen LogP contribution in [0.1, 0.15) is 31.5 Å². The number of rotatable bonds is 3. The van der Waals surface area contributed by atoms with Crippen LogP contribution in [0, 0.1) is 0 Å². The van der Waals surface area contributed by atoms with Gasteiger partial charge in [-0.15, -0.1) is 0 Å². The number of pyridine rings is 1. The standard InChI is InChI=1S/C9H13BrN2/c1-2-3-8(11)9-5-4-7(10)6-12-9/h4-6,8H,2-3,11H2,1H3. The minimum Gasteiger partial charge on any atom is -0.323 e. The Balaban J connectivity index is 2.68. The van der Waals surface area contributed by atoms with E-state index in [4.69, 9.17) is 5.73 Å². The third-order valence-electron chi connectivity index (χ3n) is 1.73. The molecule has 0 aliphatic rings. The van der Waals surface area contributed by atoms with E-state index in [2.05, 4.69) is 27.8 Å². The van der Waals surface area contributed by atoms with Crippen LogP contribution >= 0.6 is 15.9 Å². The highest BCUT2D eigenvalue weighted by molar-refractivity contribution is 9.10. The van der Waals surface area contributed by atoms with Gasteiger partial charge in [-0.3, -0.25) is 4.98 Å². The predicted octanol–water partition coefficient (Wildman–Crippen LogP) is 2.64. The second-order valence-electron chi connectivity index (χ2n) is 2.80. The highest BCUT2D eigenvalue weighted by Crippen LogP contribution is 2.15. The molecule has 3 heteroatoms. The minimum atomic E-state index is 0.0862. The lowest BCUT2D eigenvalue weighted by molar-refractivity contribution is 0.621. The topological polar surface area (TPSA) is 38.9 Å². The fourth-order valence-corrected chi connectivity index (χ4v) is 1.30. The van der Waals surface area contributed by atoms with Crippen LogP contribution in [0.25, 0.3) is 0 Å². The second kappa shape index (κ2) is 4.58. The fourth-order valence-electron chi connectivity index (χ4n) is 1.07. The van der Waals surface area contributed by atoms with Crippen molar-refractivity contribution >= 4 is 15.9 Å². The molecule has 1 rings (SSSR count). The number of nitrogens with two attached hydrogens (primary N) is 1. The Bertz CT molecular complexity index is 233. The number of hydrogen-bond donors (Lipinski definition) is 1. The Morgan fingerprint density at radius 3 is 2.83 bits per heavy atom. The maximum Gasteiger partial charge on any atom is 0.0571 e. The van der Waals surface area contributed by atoms with E-state index < -0.39 is 0 Å². The van der Waals surface area contributed by atoms with Crippen molar-refractivity contribution in [3.8, 4) is 0 Å².